The molecule has 0 bridgehead atoms. The van der Waals surface area contributed by atoms with Crippen LogP contribution in [0, 0.1) is 29.6 Å². The maximum atomic E-state index is 9.96. The molecule has 184 valence electrons. The van der Waals surface area contributed by atoms with Crippen molar-refractivity contribution in [2.75, 3.05) is 31.1 Å². The number of hydrogen-bond donors (Lipinski definition) is 1. The molecule has 3 aromatic rings. The van der Waals surface area contributed by atoms with Gasteiger partial charge in [0.2, 0.25) is 0 Å². The van der Waals surface area contributed by atoms with Crippen molar-refractivity contribution >= 4 is 5.69 Å². The monoisotopic (exact) mass is 480 g/mol. The van der Waals surface area contributed by atoms with Crippen molar-refractivity contribution in [3.05, 3.63) is 94.5 Å². The van der Waals surface area contributed by atoms with Crippen LogP contribution in [0.4, 0.5) is 5.69 Å². The van der Waals surface area contributed by atoms with E-state index in [-0.39, 0.29) is 18.7 Å². The first-order valence-corrected chi connectivity index (χ1v) is 12.3. The standard InChI is InChI=1S/C30H32N4O2/c1-21-4-8-26(9-5-21)30-19-33(23(3)25-10-6-24(17-31)7-11-25)14-15-34(30)29-13-12-28(16-27(29)18-32)36-20-22(2)35/h4-13,16,22-23,30,35H,14-15,19-20H2,1-3H3/t22-,23+,30-/m0/s1. The van der Waals surface area contributed by atoms with E-state index in [0.29, 0.717) is 16.9 Å². The quantitative estimate of drug-likeness (QED) is 0.505. The summed E-state index contributed by atoms with van der Waals surface area (Å²) in [6.45, 7) is 8.55. The van der Waals surface area contributed by atoms with E-state index in [0.717, 1.165) is 25.3 Å². The largest absolute Gasteiger partial charge is 0.491 e. The van der Waals surface area contributed by atoms with Gasteiger partial charge >= 0.3 is 0 Å². The zero-order valence-corrected chi connectivity index (χ0v) is 21.1. The number of piperazine rings is 1. The molecule has 1 aliphatic rings. The molecule has 4 rings (SSSR count). The Labute approximate surface area is 213 Å². The zero-order chi connectivity index (χ0) is 25.7. The number of rotatable bonds is 7. The molecule has 0 radical (unpaired) electrons. The van der Waals surface area contributed by atoms with E-state index in [1.54, 1.807) is 13.0 Å². The number of aliphatic hydroxyl groups excluding tert-OH is 1. The van der Waals surface area contributed by atoms with Crippen molar-refractivity contribution in [2.45, 2.75) is 39.0 Å². The predicted molar refractivity (Wildman–Crippen MR) is 141 cm³/mol. The van der Waals surface area contributed by atoms with E-state index in [1.807, 2.05) is 36.4 Å². The number of nitriles is 2. The molecule has 1 heterocycles. The molecule has 0 aromatic heterocycles. The lowest BCUT2D eigenvalue weighted by atomic mass is 9.96. The van der Waals surface area contributed by atoms with Gasteiger partial charge in [-0.05, 0) is 62.2 Å². The Morgan fingerprint density at radius 2 is 1.69 bits per heavy atom. The van der Waals surface area contributed by atoms with E-state index in [4.69, 9.17) is 10.00 Å². The topological polar surface area (TPSA) is 83.5 Å². The van der Waals surface area contributed by atoms with E-state index >= 15 is 0 Å². The number of ether oxygens (including phenoxy) is 1. The lowest BCUT2D eigenvalue weighted by Gasteiger charge is -2.45. The van der Waals surface area contributed by atoms with Gasteiger partial charge in [-0.15, -0.1) is 0 Å². The molecular weight excluding hydrogens is 448 g/mol. The summed E-state index contributed by atoms with van der Waals surface area (Å²) in [7, 11) is 0. The minimum atomic E-state index is -0.577. The third-order valence-electron chi connectivity index (χ3n) is 6.83. The summed E-state index contributed by atoms with van der Waals surface area (Å²) in [5.41, 5.74) is 5.71. The van der Waals surface area contributed by atoms with Gasteiger partial charge < -0.3 is 14.7 Å². The van der Waals surface area contributed by atoms with Crippen molar-refractivity contribution in [3.8, 4) is 17.9 Å². The van der Waals surface area contributed by atoms with Crippen molar-refractivity contribution in [3.63, 3.8) is 0 Å². The maximum absolute atomic E-state index is 9.96. The molecule has 1 aliphatic heterocycles. The summed E-state index contributed by atoms with van der Waals surface area (Å²) in [5, 5.41) is 28.6. The van der Waals surface area contributed by atoms with Crippen LogP contribution in [0.5, 0.6) is 5.75 Å². The van der Waals surface area contributed by atoms with Gasteiger partial charge in [0.25, 0.3) is 0 Å². The first kappa shape index (κ1) is 25.3. The van der Waals surface area contributed by atoms with Crippen LogP contribution in [-0.2, 0) is 0 Å². The van der Waals surface area contributed by atoms with Crippen molar-refractivity contribution in [1.82, 2.24) is 4.90 Å². The molecule has 3 atom stereocenters. The number of aliphatic hydroxyl groups is 1. The summed E-state index contributed by atoms with van der Waals surface area (Å²) < 4.78 is 5.64. The van der Waals surface area contributed by atoms with Gasteiger partial charge in [-0.25, -0.2) is 0 Å². The molecule has 1 fully saturated rings. The van der Waals surface area contributed by atoms with E-state index < -0.39 is 6.10 Å². The fourth-order valence-electron chi connectivity index (χ4n) is 4.73. The summed E-state index contributed by atoms with van der Waals surface area (Å²) in [5.74, 6) is 0.580. The van der Waals surface area contributed by atoms with Crippen LogP contribution in [-0.4, -0.2) is 42.4 Å². The first-order valence-electron chi connectivity index (χ1n) is 12.3. The Kier molecular flexibility index (Phi) is 7.90. The van der Waals surface area contributed by atoms with Gasteiger partial charge in [-0.3, -0.25) is 4.90 Å². The first-order chi connectivity index (χ1) is 17.4. The van der Waals surface area contributed by atoms with Crippen molar-refractivity contribution in [1.29, 1.82) is 10.5 Å². The minimum absolute atomic E-state index is 0.0662. The predicted octanol–water partition coefficient (Wildman–Crippen LogP) is 5.12. The van der Waals surface area contributed by atoms with Crippen LogP contribution in [0.3, 0.4) is 0 Å². The van der Waals surface area contributed by atoms with Crippen molar-refractivity contribution < 1.29 is 9.84 Å². The van der Waals surface area contributed by atoms with E-state index in [9.17, 15) is 10.4 Å². The number of nitrogens with zero attached hydrogens (tertiary/aromatic N) is 4. The third-order valence-corrected chi connectivity index (χ3v) is 6.83. The second kappa shape index (κ2) is 11.3. The molecule has 0 amide bonds. The molecule has 1 saturated heterocycles. The molecule has 3 aromatic carbocycles. The maximum Gasteiger partial charge on any atom is 0.120 e. The Bertz CT molecular complexity index is 1260. The minimum Gasteiger partial charge on any atom is -0.491 e. The molecule has 0 spiro atoms. The normalized spacial score (nSPS) is 17.6. The molecule has 6 nitrogen and oxygen atoms in total. The summed E-state index contributed by atoms with van der Waals surface area (Å²) >= 11 is 0. The van der Waals surface area contributed by atoms with E-state index in [1.165, 1.54) is 16.7 Å². The fraction of sp³-hybridized carbons (Fsp3) is 0.333. The second-order valence-electron chi connectivity index (χ2n) is 9.48. The number of anilines is 1. The van der Waals surface area contributed by atoms with Crippen LogP contribution in [0.2, 0.25) is 0 Å². The smallest absolute Gasteiger partial charge is 0.120 e. The lowest BCUT2D eigenvalue weighted by Crippen LogP contribution is -2.49. The molecule has 36 heavy (non-hydrogen) atoms. The Morgan fingerprint density at radius 1 is 0.972 bits per heavy atom. The number of hydrogen-bond acceptors (Lipinski definition) is 6. The third kappa shape index (κ3) is 5.69. The van der Waals surface area contributed by atoms with Crippen LogP contribution in [0.25, 0.3) is 0 Å². The van der Waals surface area contributed by atoms with E-state index in [2.05, 4.69) is 60.1 Å². The highest BCUT2D eigenvalue weighted by atomic mass is 16.5. The molecule has 0 aliphatic carbocycles. The Hall–Kier alpha value is -3.84. The summed E-state index contributed by atoms with van der Waals surface area (Å²) in [6.07, 6.45) is -0.577. The molecule has 1 N–H and O–H groups in total. The average Bonchev–Trinajstić information content (AvgIpc) is 2.91. The molecular formula is C30H32N4O2. The Morgan fingerprint density at radius 3 is 2.33 bits per heavy atom. The number of benzene rings is 3. The summed E-state index contributed by atoms with van der Waals surface area (Å²) in [4.78, 5) is 4.79. The molecule has 0 saturated carbocycles. The van der Waals surface area contributed by atoms with Gasteiger partial charge in [-0.1, -0.05) is 42.0 Å². The lowest BCUT2D eigenvalue weighted by molar-refractivity contribution is 0.122. The van der Waals surface area contributed by atoms with Crippen LogP contribution in [0.1, 0.15) is 53.7 Å². The molecule has 0 unspecified atom stereocenters. The highest BCUT2D eigenvalue weighted by Gasteiger charge is 2.32. The SMILES string of the molecule is Cc1ccc([C@@H]2CN([C@H](C)c3ccc(C#N)cc3)CCN2c2ccc(OC[C@H](C)O)cc2C#N)cc1. The molecule has 6 heteroatoms. The van der Waals surface area contributed by atoms with Gasteiger partial charge in [0.05, 0.1) is 35.0 Å². The van der Waals surface area contributed by atoms with Gasteiger partial charge in [0, 0.05) is 25.7 Å². The van der Waals surface area contributed by atoms with Gasteiger partial charge in [0.1, 0.15) is 18.4 Å². The zero-order valence-electron chi connectivity index (χ0n) is 21.1. The fourth-order valence-corrected chi connectivity index (χ4v) is 4.73. The van der Waals surface area contributed by atoms with Gasteiger partial charge in [0.15, 0.2) is 0 Å². The highest BCUT2D eigenvalue weighted by Crippen LogP contribution is 2.37. The van der Waals surface area contributed by atoms with Gasteiger partial charge in [-0.2, -0.15) is 10.5 Å². The highest BCUT2D eigenvalue weighted by molar-refractivity contribution is 5.63. The Balaban J connectivity index is 1.64. The van der Waals surface area contributed by atoms with Crippen LogP contribution >= 0.6 is 0 Å². The number of aryl methyl sites for hydroxylation is 1. The van der Waals surface area contributed by atoms with Crippen molar-refractivity contribution in [2.24, 2.45) is 0 Å². The average molecular weight is 481 g/mol. The van der Waals surface area contributed by atoms with Crippen LogP contribution < -0.4 is 9.64 Å². The summed E-state index contributed by atoms with van der Waals surface area (Å²) in [6, 6.07) is 26.8. The second-order valence-corrected chi connectivity index (χ2v) is 9.48. The van der Waals surface area contributed by atoms with Crippen LogP contribution in [0.15, 0.2) is 66.7 Å².